The summed E-state index contributed by atoms with van der Waals surface area (Å²) < 4.78 is 4.97. The fourth-order valence-electron chi connectivity index (χ4n) is 2.76. The van der Waals surface area contributed by atoms with Crippen LogP contribution in [0.2, 0.25) is 0 Å². The minimum atomic E-state index is -0.905. The quantitative estimate of drug-likeness (QED) is 0.596. The third kappa shape index (κ3) is 4.15. The Morgan fingerprint density at radius 2 is 1.83 bits per heavy atom. The highest BCUT2D eigenvalue weighted by molar-refractivity contribution is 6.13. The molecule has 0 spiro atoms. The van der Waals surface area contributed by atoms with Gasteiger partial charge < -0.3 is 15.4 Å². The Labute approximate surface area is 144 Å². The smallest absolute Gasteiger partial charge is 0.240 e. The number of ether oxygens (including phenoxy) is 1. The molecule has 0 aromatic heterocycles. The Bertz CT molecular complexity index is 601. The van der Waals surface area contributed by atoms with Crippen molar-refractivity contribution in [3.63, 3.8) is 0 Å². The lowest BCUT2D eigenvalue weighted by atomic mass is 9.85. The van der Waals surface area contributed by atoms with Gasteiger partial charge in [0.05, 0.1) is 0 Å². The van der Waals surface area contributed by atoms with Crippen molar-refractivity contribution in [1.82, 2.24) is 5.32 Å². The van der Waals surface area contributed by atoms with Crippen molar-refractivity contribution in [2.45, 2.75) is 45.4 Å². The molecule has 0 radical (unpaired) electrons. The molecule has 0 saturated heterocycles. The molecule has 1 aromatic rings. The van der Waals surface area contributed by atoms with Crippen molar-refractivity contribution >= 4 is 17.5 Å². The van der Waals surface area contributed by atoms with E-state index < -0.39 is 5.41 Å². The molecular weight excluding hydrogens is 304 g/mol. The second kappa shape index (κ2) is 7.34. The molecule has 132 valence electrons. The first-order chi connectivity index (χ1) is 11.3. The molecule has 5 nitrogen and oxygen atoms in total. The van der Waals surface area contributed by atoms with Crippen LogP contribution < -0.4 is 10.6 Å². The van der Waals surface area contributed by atoms with E-state index in [1.54, 1.807) is 7.11 Å². The van der Waals surface area contributed by atoms with Gasteiger partial charge in [0, 0.05) is 25.9 Å². The molecule has 1 aliphatic carbocycles. The zero-order valence-corrected chi connectivity index (χ0v) is 15.1. The van der Waals surface area contributed by atoms with E-state index in [9.17, 15) is 9.59 Å². The van der Waals surface area contributed by atoms with Crippen LogP contribution in [0.3, 0.4) is 0 Å². The van der Waals surface area contributed by atoms with Gasteiger partial charge in [0.25, 0.3) is 0 Å². The van der Waals surface area contributed by atoms with Gasteiger partial charge in [-0.05, 0) is 36.3 Å². The molecule has 1 aromatic carbocycles. The molecule has 1 fully saturated rings. The summed E-state index contributed by atoms with van der Waals surface area (Å²) in [5.41, 5.74) is 0.865. The number of hydrogen-bond donors (Lipinski definition) is 2. The maximum absolute atomic E-state index is 12.7. The molecule has 5 heteroatoms. The summed E-state index contributed by atoms with van der Waals surface area (Å²) in [6.45, 7) is 7.44. The number of anilines is 1. The first kappa shape index (κ1) is 18.5. The van der Waals surface area contributed by atoms with Gasteiger partial charge in [0.1, 0.15) is 5.41 Å². The topological polar surface area (TPSA) is 67.4 Å². The maximum Gasteiger partial charge on any atom is 0.240 e. The van der Waals surface area contributed by atoms with Crippen LogP contribution in [0, 0.1) is 5.41 Å². The Morgan fingerprint density at radius 1 is 1.17 bits per heavy atom. The van der Waals surface area contributed by atoms with E-state index in [1.807, 2.05) is 24.3 Å². The summed E-state index contributed by atoms with van der Waals surface area (Å²) in [6.07, 6.45) is 1.95. The summed E-state index contributed by atoms with van der Waals surface area (Å²) in [5.74, 6) is -0.382. The Hall–Kier alpha value is -1.88. The van der Waals surface area contributed by atoms with Crippen molar-refractivity contribution in [3.8, 4) is 0 Å². The second-order valence-corrected chi connectivity index (χ2v) is 7.43. The maximum atomic E-state index is 12.7. The molecule has 1 aliphatic rings. The largest absolute Gasteiger partial charge is 0.385 e. The van der Waals surface area contributed by atoms with Gasteiger partial charge in [-0.2, -0.15) is 0 Å². The fourth-order valence-corrected chi connectivity index (χ4v) is 2.76. The van der Waals surface area contributed by atoms with Crippen molar-refractivity contribution < 1.29 is 14.3 Å². The average molecular weight is 332 g/mol. The lowest BCUT2D eigenvalue weighted by Crippen LogP contribution is -2.40. The molecule has 2 rings (SSSR count). The number of carbonyl (C=O) groups excluding carboxylic acids is 2. The fraction of sp³-hybridized carbons (Fsp3) is 0.579. The summed E-state index contributed by atoms with van der Waals surface area (Å²) in [6, 6.07) is 7.77. The van der Waals surface area contributed by atoms with E-state index in [2.05, 4.69) is 31.4 Å². The molecule has 1 saturated carbocycles. The molecule has 0 heterocycles. The van der Waals surface area contributed by atoms with E-state index in [1.165, 1.54) is 0 Å². The van der Waals surface area contributed by atoms with Crippen LogP contribution in [-0.2, 0) is 19.7 Å². The number of hydrogen-bond acceptors (Lipinski definition) is 3. The lowest BCUT2D eigenvalue weighted by Gasteiger charge is -2.24. The number of nitrogens with one attached hydrogen (secondary N) is 2. The minimum Gasteiger partial charge on any atom is -0.385 e. The monoisotopic (exact) mass is 332 g/mol. The van der Waals surface area contributed by atoms with Gasteiger partial charge in [0.15, 0.2) is 0 Å². The van der Waals surface area contributed by atoms with E-state index in [-0.39, 0.29) is 17.2 Å². The third-order valence-electron chi connectivity index (χ3n) is 4.41. The van der Waals surface area contributed by atoms with Crippen molar-refractivity contribution in [1.29, 1.82) is 0 Å². The SMILES string of the molecule is COCCCNC(=O)C1(C(=O)Nc2ccccc2C(C)(C)C)CC1. The van der Waals surface area contributed by atoms with Gasteiger partial charge in [-0.3, -0.25) is 9.59 Å². The number of amides is 2. The number of rotatable bonds is 7. The lowest BCUT2D eigenvalue weighted by molar-refractivity contribution is -0.134. The van der Waals surface area contributed by atoms with Crippen LogP contribution in [0.4, 0.5) is 5.69 Å². The zero-order chi connectivity index (χ0) is 17.8. The van der Waals surface area contributed by atoms with Gasteiger partial charge in [0.2, 0.25) is 11.8 Å². The summed E-state index contributed by atoms with van der Waals surface area (Å²) in [5, 5.41) is 5.83. The number of methoxy groups -OCH3 is 1. The normalized spacial score (nSPS) is 15.7. The predicted molar refractivity (Wildman–Crippen MR) is 94.9 cm³/mol. The van der Waals surface area contributed by atoms with Crippen molar-refractivity contribution in [2.24, 2.45) is 5.41 Å². The van der Waals surface area contributed by atoms with E-state index in [0.29, 0.717) is 26.0 Å². The Kier molecular flexibility index (Phi) is 5.65. The zero-order valence-electron chi connectivity index (χ0n) is 15.1. The molecular formula is C19H28N2O3. The van der Waals surface area contributed by atoms with Crippen molar-refractivity contribution in [3.05, 3.63) is 29.8 Å². The first-order valence-electron chi connectivity index (χ1n) is 8.49. The van der Waals surface area contributed by atoms with Crippen LogP contribution >= 0.6 is 0 Å². The Morgan fingerprint density at radius 3 is 2.42 bits per heavy atom. The van der Waals surface area contributed by atoms with Gasteiger partial charge in [-0.15, -0.1) is 0 Å². The molecule has 24 heavy (non-hydrogen) atoms. The molecule has 0 aliphatic heterocycles. The Balaban J connectivity index is 2.04. The second-order valence-electron chi connectivity index (χ2n) is 7.43. The van der Waals surface area contributed by atoms with Crippen LogP contribution in [0.1, 0.15) is 45.6 Å². The number of para-hydroxylation sites is 1. The molecule has 2 N–H and O–H groups in total. The van der Waals surface area contributed by atoms with Crippen molar-refractivity contribution in [2.75, 3.05) is 25.6 Å². The molecule has 0 unspecified atom stereocenters. The highest BCUT2D eigenvalue weighted by Crippen LogP contribution is 2.47. The molecule has 0 atom stereocenters. The van der Waals surface area contributed by atoms with Crippen LogP contribution in [0.15, 0.2) is 24.3 Å². The molecule has 0 bridgehead atoms. The highest BCUT2D eigenvalue weighted by atomic mass is 16.5. The molecule has 2 amide bonds. The predicted octanol–water partition coefficient (Wildman–Crippen LogP) is 2.86. The third-order valence-corrected chi connectivity index (χ3v) is 4.41. The van der Waals surface area contributed by atoms with E-state index >= 15 is 0 Å². The highest BCUT2D eigenvalue weighted by Gasteiger charge is 2.56. The van der Waals surface area contributed by atoms with E-state index in [4.69, 9.17) is 4.74 Å². The van der Waals surface area contributed by atoms with Crippen LogP contribution in [0.5, 0.6) is 0 Å². The van der Waals surface area contributed by atoms with Gasteiger partial charge in [-0.1, -0.05) is 39.0 Å². The standard InChI is InChI=1S/C19H28N2O3/c1-18(2,3)14-8-5-6-9-15(14)21-17(23)19(10-11-19)16(22)20-12-7-13-24-4/h5-6,8-9H,7,10-13H2,1-4H3,(H,20,22)(H,21,23). The van der Waals surface area contributed by atoms with Crippen LogP contribution in [-0.4, -0.2) is 32.1 Å². The van der Waals surface area contributed by atoms with Gasteiger partial charge in [-0.25, -0.2) is 0 Å². The summed E-state index contributed by atoms with van der Waals surface area (Å²) in [7, 11) is 1.63. The average Bonchev–Trinajstić information content (AvgIpc) is 3.33. The number of carbonyl (C=O) groups is 2. The van der Waals surface area contributed by atoms with Gasteiger partial charge >= 0.3 is 0 Å². The first-order valence-corrected chi connectivity index (χ1v) is 8.49. The van der Waals surface area contributed by atoms with Crippen LogP contribution in [0.25, 0.3) is 0 Å². The summed E-state index contributed by atoms with van der Waals surface area (Å²) >= 11 is 0. The summed E-state index contributed by atoms with van der Waals surface area (Å²) in [4.78, 5) is 25.1. The number of benzene rings is 1. The van der Waals surface area contributed by atoms with E-state index in [0.717, 1.165) is 17.7 Å². The minimum absolute atomic E-state index is 0.0804.